The third-order valence-corrected chi connectivity index (χ3v) is 3.72. The summed E-state index contributed by atoms with van der Waals surface area (Å²) in [5.41, 5.74) is 2.72. The fraction of sp³-hybridized carbons (Fsp3) is 0.375. The van der Waals surface area contributed by atoms with Crippen LogP contribution in [0.5, 0.6) is 0 Å². The van der Waals surface area contributed by atoms with E-state index in [1.165, 1.54) is 16.0 Å². The van der Waals surface area contributed by atoms with Crippen molar-refractivity contribution < 1.29 is 0 Å². The van der Waals surface area contributed by atoms with E-state index < -0.39 is 0 Å². The molecule has 1 aromatic carbocycles. The molecule has 0 fully saturated rings. The summed E-state index contributed by atoms with van der Waals surface area (Å²) >= 11 is 1.82. The predicted molar refractivity (Wildman–Crippen MR) is 80.6 cm³/mol. The monoisotopic (exact) mass is 246 g/mol. The van der Waals surface area contributed by atoms with Crippen molar-refractivity contribution >= 4 is 11.8 Å². The van der Waals surface area contributed by atoms with Gasteiger partial charge < -0.3 is 0 Å². The maximum absolute atomic E-state index is 2.33. The molecule has 0 spiro atoms. The fourth-order valence-electron chi connectivity index (χ4n) is 1.75. The van der Waals surface area contributed by atoms with Crippen LogP contribution in [0.25, 0.3) is 0 Å². The van der Waals surface area contributed by atoms with Crippen LogP contribution in [-0.4, -0.2) is 6.26 Å². The van der Waals surface area contributed by atoms with E-state index in [0.29, 0.717) is 5.92 Å². The first-order chi connectivity index (χ1) is 8.17. The molecule has 0 aliphatic carbocycles. The number of thioether (sulfide) groups is 1. The zero-order valence-electron chi connectivity index (χ0n) is 11.2. The quantitative estimate of drug-likeness (QED) is 0.634. The normalized spacial score (nSPS) is 14.2. The molecule has 1 rings (SSSR count). The van der Waals surface area contributed by atoms with Gasteiger partial charge in [-0.2, -0.15) is 0 Å². The van der Waals surface area contributed by atoms with Gasteiger partial charge in [0, 0.05) is 5.92 Å². The number of allylic oxidation sites excluding steroid dienone is 4. The molecule has 0 aliphatic rings. The van der Waals surface area contributed by atoms with E-state index in [1.807, 2.05) is 11.8 Å². The smallest absolute Gasteiger partial charge is 0.00527 e. The average Bonchev–Trinajstić information content (AvgIpc) is 2.35. The van der Waals surface area contributed by atoms with Gasteiger partial charge in [0.2, 0.25) is 0 Å². The molecule has 1 aromatic rings. The zero-order chi connectivity index (χ0) is 12.7. The van der Waals surface area contributed by atoms with Crippen LogP contribution < -0.4 is 0 Å². The van der Waals surface area contributed by atoms with E-state index in [-0.39, 0.29) is 0 Å². The lowest BCUT2D eigenvalue weighted by Crippen LogP contribution is -1.94. The lowest BCUT2D eigenvalue weighted by atomic mass is 9.94. The maximum atomic E-state index is 2.33. The predicted octanol–water partition coefficient (Wildman–Crippen LogP) is 5.31. The molecule has 0 saturated carbocycles. The molecular formula is C16H22S. The van der Waals surface area contributed by atoms with Crippen molar-refractivity contribution in [2.75, 3.05) is 6.26 Å². The summed E-state index contributed by atoms with van der Waals surface area (Å²) in [7, 11) is 0. The van der Waals surface area contributed by atoms with E-state index in [4.69, 9.17) is 0 Å². The van der Waals surface area contributed by atoms with Gasteiger partial charge in [0.15, 0.2) is 0 Å². The summed E-state index contributed by atoms with van der Waals surface area (Å²) in [4.78, 5) is 1.40. The Morgan fingerprint density at radius 3 is 2.47 bits per heavy atom. The van der Waals surface area contributed by atoms with E-state index in [1.54, 1.807) is 0 Å². The Morgan fingerprint density at radius 2 is 1.94 bits per heavy atom. The van der Waals surface area contributed by atoms with Crippen molar-refractivity contribution in [1.29, 1.82) is 0 Å². The minimum absolute atomic E-state index is 0.502. The summed E-state index contributed by atoms with van der Waals surface area (Å²) < 4.78 is 0. The summed E-state index contributed by atoms with van der Waals surface area (Å²) in [6, 6.07) is 8.86. The van der Waals surface area contributed by atoms with Crippen LogP contribution in [0.4, 0.5) is 0 Å². The van der Waals surface area contributed by atoms with E-state index in [0.717, 1.165) is 6.42 Å². The Labute approximate surface area is 110 Å². The number of rotatable bonds is 5. The van der Waals surface area contributed by atoms with Crippen LogP contribution in [-0.2, 0) is 0 Å². The van der Waals surface area contributed by atoms with Gasteiger partial charge >= 0.3 is 0 Å². The van der Waals surface area contributed by atoms with Crippen molar-refractivity contribution in [3.63, 3.8) is 0 Å². The third-order valence-electron chi connectivity index (χ3n) is 2.91. The molecule has 0 radical (unpaired) electrons. The van der Waals surface area contributed by atoms with E-state index in [2.05, 4.69) is 69.5 Å². The number of aryl methyl sites for hydroxylation is 1. The molecule has 1 unspecified atom stereocenters. The number of hydrogen-bond donors (Lipinski definition) is 0. The summed E-state index contributed by atoms with van der Waals surface area (Å²) in [5, 5.41) is 0. The Balaban J connectivity index is 2.82. The standard InChI is InChI=1S/C16H22S/c1-5-6-15(12-9-14(3)17-4)16-10-7-13(2)8-11-16/h5-11,15H,12H2,1-4H3/b6-5-,14-9+. The van der Waals surface area contributed by atoms with Crippen LogP contribution in [0, 0.1) is 6.92 Å². The Kier molecular flexibility index (Phi) is 6.13. The molecule has 0 aromatic heterocycles. The van der Waals surface area contributed by atoms with Gasteiger partial charge in [0.05, 0.1) is 0 Å². The van der Waals surface area contributed by atoms with Crippen LogP contribution >= 0.6 is 11.8 Å². The summed E-state index contributed by atoms with van der Waals surface area (Å²) in [6.45, 7) is 6.39. The number of benzene rings is 1. The van der Waals surface area contributed by atoms with Crippen molar-refractivity contribution in [3.05, 3.63) is 58.5 Å². The topological polar surface area (TPSA) is 0 Å². The molecule has 0 saturated heterocycles. The van der Waals surface area contributed by atoms with Crippen LogP contribution in [0.3, 0.4) is 0 Å². The third kappa shape index (κ3) is 4.82. The molecular weight excluding hydrogens is 224 g/mol. The maximum Gasteiger partial charge on any atom is 0.00527 e. The average molecular weight is 246 g/mol. The molecule has 0 heterocycles. The van der Waals surface area contributed by atoms with Crippen LogP contribution in [0.2, 0.25) is 0 Å². The molecule has 1 heteroatoms. The van der Waals surface area contributed by atoms with Gasteiger partial charge in [0.25, 0.3) is 0 Å². The van der Waals surface area contributed by atoms with Gasteiger partial charge in [-0.3, -0.25) is 0 Å². The minimum atomic E-state index is 0.502. The lowest BCUT2D eigenvalue weighted by Gasteiger charge is -2.11. The molecule has 17 heavy (non-hydrogen) atoms. The SMILES string of the molecule is C/C=C\C(C/C=C(\C)SC)c1ccc(C)cc1. The second-order valence-corrected chi connectivity index (χ2v) is 5.35. The van der Waals surface area contributed by atoms with E-state index >= 15 is 0 Å². The van der Waals surface area contributed by atoms with Crippen molar-refractivity contribution in [2.45, 2.75) is 33.1 Å². The highest BCUT2D eigenvalue weighted by Crippen LogP contribution is 2.24. The highest BCUT2D eigenvalue weighted by atomic mass is 32.2. The van der Waals surface area contributed by atoms with Gasteiger partial charge in [-0.15, -0.1) is 11.8 Å². The second-order valence-electron chi connectivity index (χ2n) is 4.30. The Morgan fingerprint density at radius 1 is 1.29 bits per heavy atom. The molecule has 1 atom stereocenters. The highest BCUT2D eigenvalue weighted by molar-refractivity contribution is 8.02. The Bertz CT molecular complexity index is 384. The molecule has 0 N–H and O–H groups in total. The van der Waals surface area contributed by atoms with Gasteiger partial charge in [-0.1, -0.05) is 48.1 Å². The summed E-state index contributed by atoms with van der Waals surface area (Å²) in [6.07, 6.45) is 9.97. The number of hydrogen-bond acceptors (Lipinski definition) is 1. The Hall–Kier alpha value is -0.950. The van der Waals surface area contributed by atoms with Crippen LogP contribution in [0.15, 0.2) is 47.4 Å². The summed E-state index contributed by atoms with van der Waals surface area (Å²) in [5.74, 6) is 0.502. The molecule has 0 bridgehead atoms. The van der Waals surface area contributed by atoms with Gasteiger partial charge in [-0.05, 0) is 43.9 Å². The first-order valence-electron chi connectivity index (χ1n) is 6.07. The lowest BCUT2D eigenvalue weighted by molar-refractivity contribution is 0.859. The first kappa shape index (κ1) is 14.1. The molecule has 0 nitrogen and oxygen atoms in total. The molecule has 0 aliphatic heterocycles. The van der Waals surface area contributed by atoms with Gasteiger partial charge in [-0.25, -0.2) is 0 Å². The fourth-order valence-corrected chi connectivity index (χ4v) is 2.01. The highest BCUT2D eigenvalue weighted by Gasteiger charge is 2.05. The molecule has 0 amide bonds. The van der Waals surface area contributed by atoms with Crippen molar-refractivity contribution in [2.24, 2.45) is 0 Å². The van der Waals surface area contributed by atoms with Gasteiger partial charge in [0.1, 0.15) is 0 Å². The largest absolute Gasteiger partial charge is 0.135 e. The van der Waals surface area contributed by atoms with Crippen LogP contribution in [0.1, 0.15) is 37.3 Å². The van der Waals surface area contributed by atoms with Crippen molar-refractivity contribution in [1.82, 2.24) is 0 Å². The van der Waals surface area contributed by atoms with E-state index in [9.17, 15) is 0 Å². The first-order valence-corrected chi connectivity index (χ1v) is 7.30. The minimum Gasteiger partial charge on any atom is -0.135 e. The zero-order valence-corrected chi connectivity index (χ0v) is 12.1. The van der Waals surface area contributed by atoms with Crippen molar-refractivity contribution in [3.8, 4) is 0 Å². The molecule has 92 valence electrons. The second kappa shape index (κ2) is 7.39.